The maximum absolute atomic E-state index is 16.0. The first-order chi connectivity index (χ1) is 17.8. The largest absolute Gasteiger partial charge is 0.481 e. The normalized spacial score (nSPS) is 23.0. The number of fused-ring (bicyclic) bond motifs is 4. The summed E-state index contributed by atoms with van der Waals surface area (Å²) in [5, 5.41) is 19.8. The van der Waals surface area contributed by atoms with Crippen LogP contribution in [0.1, 0.15) is 41.0 Å². The Balaban J connectivity index is 1.50. The Labute approximate surface area is 213 Å². The number of nitrogens with zero attached hydrogens (tertiary/aromatic N) is 3. The van der Waals surface area contributed by atoms with E-state index < -0.39 is 29.5 Å². The number of hydrogen-bond donors (Lipinski definition) is 3. The van der Waals surface area contributed by atoms with Gasteiger partial charge in [0.1, 0.15) is 22.0 Å². The number of aromatic carboxylic acids is 1. The predicted octanol–water partition coefficient (Wildman–Crippen LogP) is 5.40. The molecule has 0 unspecified atom stereocenters. The molecule has 4 aromatic heterocycles. The lowest BCUT2D eigenvalue weighted by Crippen LogP contribution is -2.45. The molecule has 0 aromatic carbocycles. The highest BCUT2D eigenvalue weighted by Gasteiger charge is 2.47. The van der Waals surface area contributed by atoms with Crippen LogP contribution in [0.25, 0.3) is 33.0 Å². The van der Waals surface area contributed by atoms with Gasteiger partial charge in [-0.2, -0.15) is 0 Å². The Morgan fingerprint density at radius 1 is 1.08 bits per heavy atom. The monoisotopic (exact) mass is 524 g/mol. The summed E-state index contributed by atoms with van der Waals surface area (Å²) in [6, 6.07) is 4.16. The van der Waals surface area contributed by atoms with Crippen molar-refractivity contribution in [3.63, 3.8) is 0 Å². The van der Waals surface area contributed by atoms with E-state index in [4.69, 9.17) is 0 Å². The van der Waals surface area contributed by atoms with Gasteiger partial charge in [0.05, 0.1) is 22.7 Å². The second kappa shape index (κ2) is 8.98. The van der Waals surface area contributed by atoms with Gasteiger partial charge in [0.25, 0.3) is 0 Å². The molecule has 0 amide bonds. The summed E-state index contributed by atoms with van der Waals surface area (Å²) in [6.45, 7) is 0. The van der Waals surface area contributed by atoms with E-state index in [2.05, 4.69) is 19.9 Å². The minimum Gasteiger partial charge on any atom is -0.481 e. The van der Waals surface area contributed by atoms with E-state index in [0.717, 1.165) is 43.2 Å². The molecular weight excluding hydrogens is 502 g/mol. The number of aromatic amines is 1. The van der Waals surface area contributed by atoms with Crippen LogP contribution in [0.2, 0.25) is 0 Å². The molecule has 8 nitrogen and oxygen atoms in total. The zero-order valence-electron chi connectivity index (χ0n) is 19.4. The molecule has 3 aliphatic rings. The summed E-state index contributed by atoms with van der Waals surface area (Å²) in [7, 11) is 0. The molecule has 37 heavy (non-hydrogen) atoms. The predicted molar refractivity (Wildman–Crippen MR) is 131 cm³/mol. The molecule has 4 aromatic rings. The Morgan fingerprint density at radius 3 is 2.54 bits per heavy atom. The lowest BCUT2D eigenvalue weighted by molar-refractivity contribution is -0.152. The number of H-pyrrole nitrogens is 1. The summed E-state index contributed by atoms with van der Waals surface area (Å²) in [5.74, 6) is -3.73. The second-order valence-electron chi connectivity index (χ2n) is 9.78. The first-order valence-electron chi connectivity index (χ1n) is 12.1. The second-order valence-corrected chi connectivity index (χ2v) is 10.9. The number of pyridine rings is 1. The van der Waals surface area contributed by atoms with E-state index in [1.165, 1.54) is 18.2 Å². The van der Waals surface area contributed by atoms with Gasteiger partial charge < -0.3 is 15.2 Å². The molecule has 0 spiro atoms. The Kier molecular flexibility index (Phi) is 5.74. The van der Waals surface area contributed by atoms with E-state index >= 15 is 4.39 Å². The summed E-state index contributed by atoms with van der Waals surface area (Å²) >= 11 is 0.889. The summed E-state index contributed by atoms with van der Waals surface area (Å²) < 4.78 is 30.0. The molecular formula is C26H22F2N4O4S. The number of carbonyl (C=O) groups is 2. The van der Waals surface area contributed by atoms with Gasteiger partial charge in [0.2, 0.25) is 0 Å². The number of hydrogen-bond acceptors (Lipinski definition) is 6. The van der Waals surface area contributed by atoms with Crippen molar-refractivity contribution in [2.45, 2.75) is 32.1 Å². The van der Waals surface area contributed by atoms with E-state index in [-0.39, 0.29) is 46.3 Å². The number of thiophene rings is 1. The molecule has 3 N–H and O–H groups in total. The Morgan fingerprint density at radius 2 is 1.84 bits per heavy atom. The van der Waals surface area contributed by atoms with Crippen molar-refractivity contribution in [3.05, 3.63) is 52.8 Å². The quantitative estimate of drug-likeness (QED) is 0.308. The van der Waals surface area contributed by atoms with Crippen molar-refractivity contribution in [3.8, 4) is 22.0 Å². The number of aliphatic carboxylic acids is 1. The molecule has 2 bridgehead atoms. The van der Waals surface area contributed by atoms with Crippen molar-refractivity contribution in [2.24, 2.45) is 23.7 Å². The summed E-state index contributed by atoms with van der Waals surface area (Å²) in [5.41, 5.74) is 0.837. The number of aromatic nitrogens is 4. The fraction of sp³-hybridized carbons (Fsp3) is 0.346. The van der Waals surface area contributed by atoms with E-state index in [1.54, 1.807) is 6.20 Å². The van der Waals surface area contributed by atoms with Crippen molar-refractivity contribution in [1.82, 2.24) is 19.9 Å². The highest BCUT2D eigenvalue weighted by atomic mass is 32.1. The minimum absolute atomic E-state index is 0.0324. The van der Waals surface area contributed by atoms with Gasteiger partial charge in [-0.3, -0.25) is 4.79 Å². The van der Waals surface area contributed by atoms with E-state index in [1.807, 2.05) is 0 Å². The number of carboxylic acid groups (broad SMARTS) is 2. The minimum atomic E-state index is -1.13. The van der Waals surface area contributed by atoms with Crippen LogP contribution < -0.4 is 0 Å². The van der Waals surface area contributed by atoms with Crippen molar-refractivity contribution < 1.29 is 28.6 Å². The van der Waals surface area contributed by atoms with E-state index in [0.29, 0.717) is 21.5 Å². The molecule has 2 atom stereocenters. The molecule has 3 saturated carbocycles. The molecule has 3 fully saturated rings. The van der Waals surface area contributed by atoms with Crippen molar-refractivity contribution in [1.29, 1.82) is 0 Å². The van der Waals surface area contributed by atoms with Gasteiger partial charge in [-0.1, -0.05) is 0 Å². The fourth-order valence-corrected chi connectivity index (χ4v) is 6.96. The summed E-state index contributed by atoms with van der Waals surface area (Å²) in [4.78, 5) is 39.9. The SMILES string of the molecule is O=C(O)c1ccc(-c2nc(-c3c[nH]c4ncc(F)cc34)nc(C[C@H]3C4CCC(CC4)[C@@H]3C(=O)O)c2F)s1. The molecule has 11 heteroatoms. The van der Waals surface area contributed by atoms with Gasteiger partial charge in [-0.25, -0.2) is 28.5 Å². The topological polar surface area (TPSA) is 129 Å². The van der Waals surface area contributed by atoms with Gasteiger partial charge in [-0.05, 0) is 68.1 Å². The number of rotatable bonds is 6. The summed E-state index contributed by atoms with van der Waals surface area (Å²) in [6.07, 6.45) is 6.31. The van der Waals surface area contributed by atoms with Crippen LogP contribution in [0.4, 0.5) is 8.78 Å². The van der Waals surface area contributed by atoms with Crippen molar-refractivity contribution in [2.75, 3.05) is 0 Å². The highest BCUT2D eigenvalue weighted by molar-refractivity contribution is 7.17. The molecule has 4 heterocycles. The van der Waals surface area contributed by atoms with Gasteiger partial charge in [-0.15, -0.1) is 11.3 Å². The standard InChI is InChI=1S/C26H22F2N4O4S/c27-13-7-15-16(10-30-23(15)29-9-13)24-31-17(8-14-11-1-3-12(4-2-11)20(14)26(35)36)21(28)22(32-24)18-5-6-19(37-18)25(33)34/h5-7,9-12,14,20H,1-4,8H2,(H,29,30)(H,33,34)(H,35,36)/t11?,12?,14-,20-/m0/s1. The third-order valence-corrected chi connectivity index (χ3v) is 8.89. The zero-order valence-corrected chi connectivity index (χ0v) is 20.3. The lowest BCUT2D eigenvalue weighted by Gasteiger charge is -2.46. The van der Waals surface area contributed by atoms with Gasteiger partial charge in [0.15, 0.2) is 11.6 Å². The van der Waals surface area contributed by atoms with Crippen LogP contribution in [0.3, 0.4) is 0 Å². The first-order valence-corrected chi connectivity index (χ1v) is 12.9. The van der Waals surface area contributed by atoms with Crippen LogP contribution >= 0.6 is 11.3 Å². The Hall–Kier alpha value is -3.73. The fourth-order valence-electron chi connectivity index (χ4n) is 6.13. The maximum atomic E-state index is 16.0. The van der Waals surface area contributed by atoms with Gasteiger partial charge >= 0.3 is 11.9 Å². The number of carboxylic acids is 2. The van der Waals surface area contributed by atoms with Gasteiger partial charge in [0, 0.05) is 17.1 Å². The third kappa shape index (κ3) is 4.07. The first kappa shape index (κ1) is 23.7. The van der Waals surface area contributed by atoms with Crippen LogP contribution in [0.5, 0.6) is 0 Å². The van der Waals surface area contributed by atoms with Crippen LogP contribution in [0.15, 0.2) is 30.6 Å². The highest BCUT2D eigenvalue weighted by Crippen LogP contribution is 2.50. The molecule has 7 rings (SSSR count). The Bertz CT molecular complexity index is 1540. The molecule has 0 aliphatic heterocycles. The zero-order chi connectivity index (χ0) is 25.8. The molecule has 0 saturated heterocycles. The molecule has 3 aliphatic carbocycles. The molecule has 0 radical (unpaired) electrons. The lowest BCUT2D eigenvalue weighted by atomic mass is 9.57. The molecule has 190 valence electrons. The van der Waals surface area contributed by atoms with Crippen LogP contribution in [-0.4, -0.2) is 42.1 Å². The van der Waals surface area contributed by atoms with Crippen LogP contribution in [-0.2, 0) is 11.2 Å². The smallest absolute Gasteiger partial charge is 0.345 e. The number of nitrogens with one attached hydrogen (secondary N) is 1. The van der Waals surface area contributed by atoms with E-state index in [9.17, 15) is 24.2 Å². The van der Waals surface area contributed by atoms with Crippen LogP contribution in [0, 0.1) is 35.3 Å². The maximum Gasteiger partial charge on any atom is 0.345 e. The van der Waals surface area contributed by atoms with Crippen molar-refractivity contribution >= 4 is 34.3 Å². The number of halogens is 2. The average molecular weight is 525 g/mol. The third-order valence-electron chi connectivity index (χ3n) is 7.81. The average Bonchev–Trinajstić information content (AvgIpc) is 3.53.